The Bertz CT molecular complexity index is 461. The van der Waals surface area contributed by atoms with E-state index in [0.29, 0.717) is 37.9 Å². The second-order valence-electron chi connectivity index (χ2n) is 4.25. The first-order chi connectivity index (χ1) is 9.80. The summed E-state index contributed by atoms with van der Waals surface area (Å²) in [5.41, 5.74) is 0. The molecule has 1 saturated heterocycles. The van der Waals surface area contributed by atoms with Crippen LogP contribution >= 0.6 is 42.6 Å². The average molecular weight is 401 g/mol. The molecule has 0 aromatic heterocycles. The summed E-state index contributed by atoms with van der Waals surface area (Å²) in [6.07, 6.45) is 0.593. The van der Waals surface area contributed by atoms with Crippen LogP contribution in [0.3, 0.4) is 0 Å². The Balaban J connectivity index is 2.58. The molecule has 1 aliphatic rings. The second-order valence-corrected chi connectivity index (χ2v) is 10.0. The molecule has 0 spiro atoms. The Morgan fingerprint density at radius 3 is 2.52 bits per heavy atom. The molecule has 0 unspecified atom stereocenters. The van der Waals surface area contributed by atoms with Crippen molar-refractivity contribution in [2.24, 2.45) is 0 Å². The molecular formula is C9H19Cl2N2O5PS2. The number of thioether (sulfide) groups is 1. The normalized spacial score (nSPS) is 27.1. The van der Waals surface area contributed by atoms with Crippen molar-refractivity contribution in [1.29, 1.82) is 0 Å². The molecule has 0 radical (unpaired) electrons. The van der Waals surface area contributed by atoms with Gasteiger partial charge >= 0.3 is 7.67 Å². The number of halogens is 2. The summed E-state index contributed by atoms with van der Waals surface area (Å²) >= 11 is 12.7. The molecule has 1 fully saturated rings. The maximum atomic E-state index is 12.8. The molecule has 1 aliphatic heterocycles. The van der Waals surface area contributed by atoms with Gasteiger partial charge in [0.1, 0.15) is 0 Å². The van der Waals surface area contributed by atoms with Crippen LogP contribution in [0.25, 0.3) is 0 Å². The van der Waals surface area contributed by atoms with E-state index in [1.165, 1.54) is 11.8 Å². The van der Waals surface area contributed by atoms with E-state index in [9.17, 15) is 13.0 Å². The molecule has 0 bridgehead atoms. The smallest absolute Gasteiger partial charge is 0.306 e. The predicted octanol–water partition coefficient (Wildman–Crippen LogP) is 1.83. The minimum atomic E-state index is -3.98. The molecule has 2 N–H and O–H groups in total. The first-order valence-corrected chi connectivity index (χ1v) is 11.6. The molecule has 0 aromatic carbocycles. The Hall–Kier alpha value is 0.950. The molecule has 0 saturated carbocycles. The van der Waals surface area contributed by atoms with Gasteiger partial charge in [-0.3, -0.25) is 9.12 Å². The summed E-state index contributed by atoms with van der Waals surface area (Å²) < 4.78 is 49.8. The molecule has 0 amide bonds. The fourth-order valence-corrected chi connectivity index (χ4v) is 6.81. The number of nitrogens with zero attached hydrogens (tertiary/aromatic N) is 1. The minimum Gasteiger partial charge on any atom is -0.306 e. The zero-order chi connectivity index (χ0) is 15.9. The number of nitrogens with one attached hydrogen (secondary N) is 1. The summed E-state index contributed by atoms with van der Waals surface area (Å²) in [5, 5.41) is 2.71. The van der Waals surface area contributed by atoms with E-state index in [1.807, 2.05) is 0 Å². The van der Waals surface area contributed by atoms with Crippen LogP contribution in [0.5, 0.6) is 0 Å². The molecule has 21 heavy (non-hydrogen) atoms. The number of rotatable bonds is 9. The van der Waals surface area contributed by atoms with Gasteiger partial charge in [-0.15, -0.1) is 35.0 Å². The van der Waals surface area contributed by atoms with Crippen LogP contribution in [0.15, 0.2) is 0 Å². The summed E-state index contributed by atoms with van der Waals surface area (Å²) in [6, 6.07) is 0. The van der Waals surface area contributed by atoms with Crippen molar-refractivity contribution in [3.8, 4) is 0 Å². The van der Waals surface area contributed by atoms with Crippen LogP contribution in [0, 0.1) is 0 Å². The van der Waals surface area contributed by atoms with Crippen molar-refractivity contribution in [3.05, 3.63) is 0 Å². The van der Waals surface area contributed by atoms with Crippen LogP contribution in [-0.2, 0) is 19.2 Å². The van der Waals surface area contributed by atoms with Gasteiger partial charge in [0.15, 0.2) is 0 Å². The highest BCUT2D eigenvalue weighted by molar-refractivity contribution is 8.01. The molecule has 1 rings (SSSR count). The number of alkyl halides is 2. The lowest BCUT2D eigenvalue weighted by atomic mass is 10.5. The molecule has 1 heterocycles. The van der Waals surface area contributed by atoms with E-state index < -0.39 is 17.8 Å². The lowest BCUT2D eigenvalue weighted by Gasteiger charge is -2.36. The monoisotopic (exact) mass is 400 g/mol. The third-order valence-electron chi connectivity index (χ3n) is 2.67. The van der Waals surface area contributed by atoms with Gasteiger partial charge in [0, 0.05) is 30.6 Å². The molecule has 7 nitrogen and oxygen atoms in total. The van der Waals surface area contributed by atoms with Gasteiger partial charge in [-0.05, 0) is 6.42 Å². The van der Waals surface area contributed by atoms with Gasteiger partial charge < -0.3 is 4.52 Å². The largest absolute Gasteiger partial charge is 0.344 e. The van der Waals surface area contributed by atoms with E-state index in [1.54, 1.807) is 4.67 Å². The zero-order valence-corrected chi connectivity index (χ0v) is 15.3. The van der Waals surface area contributed by atoms with E-state index in [2.05, 4.69) is 5.09 Å². The lowest BCUT2D eigenvalue weighted by Crippen LogP contribution is -2.40. The van der Waals surface area contributed by atoms with Crippen LogP contribution in [0.2, 0.25) is 0 Å². The minimum absolute atomic E-state index is 0.209. The Kier molecular flexibility index (Phi) is 8.85. The van der Waals surface area contributed by atoms with Crippen LogP contribution in [0.1, 0.15) is 6.42 Å². The van der Waals surface area contributed by atoms with Gasteiger partial charge in [-0.2, -0.15) is 8.42 Å². The summed E-state index contributed by atoms with van der Waals surface area (Å²) in [5.74, 6) is 0.467. The Morgan fingerprint density at radius 1 is 1.38 bits per heavy atom. The molecule has 0 aliphatic carbocycles. The predicted molar refractivity (Wildman–Crippen MR) is 87.0 cm³/mol. The van der Waals surface area contributed by atoms with E-state index >= 15 is 0 Å². The van der Waals surface area contributed by atoms with E-state index in [4.69, 9.17) is 32.3 Å². The maximum Gasteiger partial charge on any atom is 0.344 e. The van der Waals surface area contributed by atoms with Crippen LogP contribution < -0.4 is 5.09 Å². The first kappa shape index (κ1) is 20.0. The van der Waals surface area contributed by atoms with Crippen LogP contribution in [0.4, 0.5) is 0 Å². The molecule has 0 aromatic rings. The van der Waals surface area contributed by atoms with Crippen molar-refractivity contribution < 1.29 is 22.1 Å². The van der Waals surface area contributed by atoms with Crippen molar-refractivity contribution in [2.45, 2.75) is 11.8 Å². The number of hydrogen-bond acceptors (Lipinski definition) is 5. The van der Waals surface area contributed by atoms with Gasteiger partial charge in [0.05, 0.1) is 17.7 Å². The van der Waals surface area contributed by atoms with Gasteiger partial charge in [0.25, 0.3) is 10.1 Å². The molecule has 126 valence electrons. The van der Waals surface area contributed by atoms with Crippen molar-refractivity contribution in [1.82, 2.24) is 9.76 Å². The average Bonchev–Trinajstić information content (AvgIpc) is 2.37. The highest BCUT2D eigenvalue weighted by Crippen LogP contribution is 2.50. The topological polar surface area (TPSA) is 95.9 Å². The molecule has 12 heteroatoms. The fraction of sp³-hybridized carbons (Fsp3) is 1.00. The van der Waals surface area contributed by atoms with Crippen molar-refractivity contribution in [2.75, 3.05) is 43.0 Å². The standard InChI is InChI=1S/C9H19Cl2N2O5PS2/c10-2-4-13(5-3-11)19(14)12-9(1-6-18-19)20-7-8-21(15,16)17/h9H,1-8H2,(H,12,14)(H,15,16,17)/t9-,19+/m0/s1. The maximum absolute atomic E-state index is 12.8. The van der Waals surface area contributed by atoms with Gasteiger partial charge in [-0.1, -0.05) is 0 Å². The third kappa shape index (κ3) is 7.37. The van der Waals surface area contributed by atoms with E-state index in [-0.39, 0.29) is 16.9 Å². The quantitative estimate of drug-likeness (QED) is 0.343. The number of hydrogen-bond donors (Lipinski definition) is 2. The lowest BCUT2D eigenvalue weighted by molar-refractivity contribution is 0.227. The zero-order valence-electron chi connectivity index (χ0n) is 11.3. The summed E-state index contributed by atoms with van der Waals surface area (Å²) in [4.78, 5) is 0. The third-order valence-corrected chi connectivity index (χ3v) is 7.67. The van der Waals surface area contributed by atoms with Gasteiger partial charge in [-0.25, -0.2) is 9.76 Å². The highest BCUT2D eigenvalue weighted by atomic mass is 35.5. The fourth-order valence-electron chi connectivity index (χ4n) is 1.72. The van der Waals surface area contributed by atoms with Crippen molar-refractivity contribution >= 4 is 52.8 Å². The van der Waals surface area contributed by atoms with E-state index in [0.717, 1.165) is 0 Å². The summed E-state index contributed by atoms with van der Waals surface area (Å²) in [7, 11) is -7.19. The Labute approximate surface area is 139 Å². The van der Waals surface area contributed by atoms with Crippen molar-refractivity contribution in [3.63, 3.8) is 0 Å². The first-order valence-electron chi connectivity index (χ1n) is 6.27. The second kappa shape index (κ2) is 9.30. The Morgan fingerprint density at radius 2 is 2.00 bits per heavy atom. The SMILES string of the molecule is O=[P@]1(N(CCCl)CCCl)N[C@@H](SCCS(=O)(=O)O)CCO1. The van der Waals surface area contributed by atoms with Crippen LogP contribution in [-0.4, -0.2) is 66.0 Å². The molecular weight excluding hydrogens is 382 g/mol. The highest BCUT2D eigenvalue weighted by Gasteiger charge is 2.37. The molecule has 2 atom stereocenters. The van der Waals surface area contributed by atoms with Gasteiger partial charge in [0.2, 0.25) is 0 Å². The summed E-state index contributed by atoms with van der Waals surface area (Å²) in [6.45, 7) is 1.05.